The molecule has 2 aromatic rings. The molecule has 0 saturated heterocycles. The summed E-state index contributed by atoms with van der Waals surface area (Å²) in [5, 5.41) is 3.92. The Balaban J connectivity index is 1.84. The highest BCUT2D eigenvalue weighted by Crippen LogP contribution is 2.28. The molecule has 0 saturated carbocycles. The number of hydrogen-bond acceptors (Lipinski definition) is 5. The number of nitrogens with zero attached hydrogens (tertiary/aromatic N) is 3. The summed E-state index contributed by atoms with van der Waals surface area (Å²) in [4.78, 5) is 22.0. The van der Waals surface area contributed by atoms with Gasteiger partial charge in [-0.1, -0.05) is 6.07 Å². The fraction of sp³-hybridized carbons (Fsp3) is 0.412. The molecule has 1 amide bonds. The van der Waals surface area contributed by atoms with Crippen LogP contribution in [0.2, 0.25) is 0 Å². The molecule has 3 rings (SSSR count). The molecule has 2 heterocycles. The Morgan fingerprint density at radius 1 is 1.26 bits per heavy atom. The molecule has 1 aromatic carbocycles. The number of likely N-dealkylation sites (N-methyl/N-ethyl adjacent to an activating group) is 2. The van der Waals surface area contributed by atoms with Crippen molar-refractivity contribution in [3.8, 4) is 0 Å². The van der Waals surface area contributed by atoms with Gasteiger partial charge in [-0.25, -0.2) is 4.98 Å². The predicted octanol–water partition coefficient (Wildman–Crippen LogP) is 2.89. The van der Waals surface area contributed by atoms with Crippen LogP contribution in [0.15, 0.2) is 18.2 Å². The lowest BCUT2D eigenvalue weighted by Crippen LogP contribution is -2.26. The first-order valence-corrected chi connectivity index (χ1v) is 8.53. The Morgan fingerprint density at radius 3 is 2.74 bits per heavy atom. The van der Waals surface area contributed by atoms with Crippen molar-refractivity contribution in [2.24, 2.45) is 0 Å². The van der Waals surface area contributed by atoms with Gasteiger partial charge < -0.3 is 15.1 Å². The molecule has 0 spiro atoms. The number of carbonyl (C=O) groups excluding carboxylic acids is 1. The molecule has 0 atom stereocenters. The van der Waals surface area contributed by atoms with Crippen molar-refractivity contribution in [2.45, 2.75) is 20.4 Å². The monoisotopic (exact) mass is 330 g/mol. The van der Waals surface area contributed by atoms with Gasteiger partial charge in [0.1, 0.15) is 4.88 Å². The standard InChI is InChI=1S/C17H22N4OS/c1-11-16(23-12(2)18-11)17(22)19-14-6-5-13-10-20(3)7-8-21(4)15(13)9-14/h5-6,9H,7-8,10H2,1-4H3,(H,19,22). The van der Waals surface area contributed by atoms with E-state index in [-0.39, 0.29) is 5.91 Å². The van der Waals surface area contributed by atoms with Gasteiger partial charge in [-0.3, -0.25) is 4.79 Å². The summed E-state index contributed by atoms with van der Waals surface area (Å²) in [6.07, 6.45) is 0. The van der Waals surface area contributed by atoms with E-state index in [1.165, 1.54) is 22.6 Å². The zero-order chi connectivity index (χ0) is 16.6. The van der Waals surface area contributed by atoms with Crippen molar-refractivity contribution in [1.82, 2.24) is 9.88 Å². The lowest BCUT2D eigenvalue weighted by Gasteiger charge is -2.19. The van der Waals surface area contributed by atoms with Crippen LogP contribution in [0.25, 0.3) is 0 Å². The van der Waals surface area contributed by atoms with Gasteiger partial charge in [0.05, 0.1) is 10.7 Å². The van der Waals surface area contributed by atoms with Gasteiger partial charge >= 0.3 is 0 Å². The summed E-state index contributed by atoms with van der Waals surface area (Å²) in [6.45, 7) is 6.74. The van der Waals surface area contributed by atoms with Crippen molar-refractivity contribution >= 4 is 28.6 Å². The van der Waals surface area contributed by atoms with Crippen LogP contribution in [0, 0.1) is 13.8 Å². The first-order valence-electron chi connectivity index (χ1n) is 7.72. The zero-order valence-electron chi connectivity index (χ0n) is 14.0. The normalized spacial score (nSPS) is 15.2. The van der Waals surface area contributed by atoms with E-state index in [1.807, 2.05) is 19.9 Å². The van der Waals surface area contributed by atoms with E-state index in [4.69, 9.17) is 0 Å². The number of nitrogens with one attached hydrogen (secondary N) is 1. The highest BCUT2D eigenvalue weighted by atomic mass is 32.1. The molecule has 1 aliphatic rings. The second-order valence-corrected chi connectivity index (χ2v) is 7.31. The number of benzene rings is 1. The van der Waals surface area contributed by atoms with Crippen LogP contribution in [0.1, 0.15) is 25.9 Å². The first-order chi connectivity index (χ1) is 10.9. The molecule has 1 aliphatic heterocycles. The molecule has 122 valence electrons. The number of hydrogen-bond donors (Lipinski definition) is 1. The van der Waals surface area contributed by atoms with E-state index in [0.717, 1.165) is 36.0 Å². The minimum atomic E-state index is -0.0820. The molecule has 0 fully saturated rings. The minimum absolute atomic E-state index is 0.0820. The van der Waals surface area contributed by atoms with Gasteiger partial charge in [0.25, 0.3) is 5.91 Å². The van der Waals surface area contributed by atoms with Gasteiger partial charge in [0.2, 0.25) is 0 Å². The third kappa shape index (κ3) is 3.38. The summed E-state index contributed by atoms with van der Waals surface area (Å²) in [6, 6.07) is 6.15. The SMILES string of the molecule is Cc1nc(C)c(C(=O)Nc2ccc3c(c2)N(C)CCN(C)C3)s1. The van der Waals surface area contributed by atoms with Crippen LogP contribution in [0.3, 0.4) is 0 Å². The van der Waals surface area contributed by atoms with E-state index >= 15 is 0 Å². The zero-order valence-corrected chi connectivity index (χ0v) is 14.8. The molecule has 0 radical (unpaired) electrons. The summed E-state index contributed by atoms with van der Waals surface area (Å²) in [7, 11) is 4.23. The Bertz CT molecular complexity index is 740. The highest BCUT2D eigenvalue weighted by molar-refractivity contribution is 7.13. The number of amides is 1. The molecule has 23 heavy (non-hydrogen) atoms. The van der Waals surface area contributed by atoms with Crippen molar-refractivity contribution in [2.75, 3.05) is 37.4 Å². The van der Waals surface area contributed by atoms with Crippen LogP contribution < -0.4 is 10.2 Å². The second kappa shape index (κ2) is 6.29. The average molecular weight is 330 g/mol. The fourth-order valence-corrected chi connectivity index (χ4v) is 3.69. The molecule has 0 unspecified atom stereocenters. The average Bonchev–Trinajstić information content (AvgIpc) is 2.77. The molecule has 0 bridgehead atoms. The third-order valence-electron chi connectivity index (χ3n) is 4.12. The number of carbonyl (C=O) groups is 1. The van der Waals surface area contributed by atoms with Gasteiger partial charge in [-0.05, 0) is 38.6 Å². The topological polar surface area (TPSA) is 48.5 Å². The number of aryl methyl sites for hydroxylation is 2. The summed E-state index contributed by atoms with van der Waals surface area (Å²) in [5.41, 5.74) is 4.09. The van der Waals surface area contributed by atoms with Crippen molar-refractivity contribution in [3.05, 3.63) is 39.3 Å². The summed E-state index contributed by atoms with van der Waals surface area (Å²) in [5.74, 6) is -0.0820. The van der Waals surface area contributed by atoms with E-state index in [2.05, 4.69) is 46.3 Å². The van der Waals surface area contributed by atoms with E-state index in [1.54, 1.807) is 0 Å². The van der Waals surface area contributed by atoms with Crippen LogP contribution in [-0.2, 0) is 6.54 Å². The van der Waals surface area contributed by atoms with Crippen LogP contribution in [0.5, 0.6) is 0 Å². The largest absolute Gasteiger partial charge is 0.373 e. The Kier molecular flexibility index (Phi) is 4.37. The quantitative estimate of drug-likeness (QED) is 0.920. The minimum Gasteiger partial charge on any atom is -0.373 e. The van der Waals surface area contributed by atoms with Crippen LogP contribution in [-0.4, -0.2) is 43.0 Å². The number of rotatable bonds is 2. The Hall–Kier alpha value is -1.92. The predicted molar refractivity (Wildman–Crippen MR) is 95.6 cm³/mol. The third-order valence-corrected chi connectivity index (χ3v) is 5.19. The molecule has 1 aromatic heterocycles. The molecular weight excluding hydrogens is 308 g/mol. The highest BCUT2D eigenvalue weighted by Gasteiger charge is 2.18. The van der Waals surface area contributed by atoms with Gasteiger partial charge in [0.15, 0.2) is 0 Å². The van der Waals surface area contributed by atoms with Gasteiger partial charge in [-0.2, -0.15) is 0 Å². The fourth-order valence-electron chi connectivity index (χ4n) is 2.87. The Labute approximate surface area is 140 Å². The lowest BCUT2D eigenvalue weighted by atomic mass is 10.1. The van der Waals surface area contributed by atoms with Gasteiger partial charge in [0, 0.05) is 38.1 Å². The smallest absolute Gasteiger partial charge is 0.267 e. The van der Waals surface area contributed by atoms with Crippen LogP contribution >= 0.6 is 11.3 Å². The number of aromatic nitrogens is 1. The second-order valence-electron chi connectivity index (χ2n) is 6.10. The molecule has 1 N–H and O–H groups in total. The number of anilines is 2. The van der Waals surface area contributed by atoms with Crippen LogP contribution in [0.4, 0.5) is 11.4 Å². The van der Waals surface area contributed by atoms with E-state index < -0.39 is 0 Å². The lowest BCUT2D eigenvalue weighted by molar-refractivity contribution is 0.103. The van der Waals surface area contributed by atoms with E-state index in [9.17, 15) is 4.79 Å². The van der Waals surface area contributed by atoms with Crippen molar-refractivity contribution in [3.63, 3.8) is 0 Å². The molecule has 6 heteroatoms. The number of thiazole rings is 1. The molecular formula is C17H22N4OS. The van der Waals surface area contributed by atoms with Crippen molar-refractivity contribution in [1.29, 1.82) is 0 Å². The summed E-state index contributed by atoms with van der Waals surface area (Å²) >= 11 is 1.43. The summed E-state index contributed by atoms with van der Waals surface area (Å²) < 4.78 is 0. The maximum Gasteiger partial charge on any atom is 0.267 e. The number of fused-ring (bicyclic) bond motifs is 1. The molecule has 5 nitrogen and oxygen atoms in total. The van der Waals surface area contributed by atoms with E-state index in [0.29, 0.717) is 4.88 Å². The first kappa shape index (κ1) is 16.0. The molecule has 0 aliphatic carbocycles. The maximum atomic E-state index is 12.5. The maximum absolute atomic E-state index is 12.5. The van der Waals surface area contributed by atoms with Crippen molar-refractivity contribution < 1.29 is 4.79 Å². The van der Waals surface area contributed by atoms with Gasteiger partial charge in [-0.15, -0.1) is 11.3 Å². The Morgan fingerprint density at radius 2 is 2.04 bits per heavy atom.